The first-order valence-electron chi connectivity index (χ1n) is 11.6. The van der Waals surface area contributed by atoms with Crippen LogP contribution >= 0.6 is 0 Å². The van der Waals surface area contributed by atoms with Crippen molar-refractivity contribution >= 4 is 5.78 Å². The zero-order valence-corrected chi connectivity index (χ0v) is 19.2. The monoisotopic (exact) mass is 465 g/mol. The van der Waals surface area contributed by atoms with Gasteiger partial charge in [0, 0.05) is 42.9 Å². The largest absolute Gasteiger partial charge is 0.393 e. The first-order valence-corrected chi connectivity index (χ1v) is 11.6. The molecule has 3 aromatic rings. The molecule has 0 amide bonds. The van der Waals surface area contributed by atoms with Gasteiger partial charge in [0.25, 0.3) is 6.43 Å². The van der Waals surface area contributed by atoms with Crippen molar-refractivity contribution in [1.29, 1.82) is 0 Å². The lowest BCUT2D eigenvalue weighted by atomic mass is 9.86. The second-order valence-corrected chi connectivity index (χ2v) is 8.89. The quantitative estimate of drug-likeness (QED) is 0.343. The summed E-state index contributed by atoms with van der Waals surface area (Å²) in [6.45, 7) is 0. The SMILES string of the molecule is Cn1ccc(-c2ccc(Cc3cc(C(=O)C/C=C/[C@H]4CCCC[C@@H]4O)ncc3C(F)F)cc2)n1. The Kier molecular flexibility index (Phi) is 7.63. The first kappa shape index (κ1) is 24.0. The molecule has 1 fully saturated rings. The van der Waals surface area contributed by atoms with Crippen LogP contribution in [0.25, 0.3) is 11.3 Å². The summed E-state index contributed by atoms with van der Waals surface area (Å²) < 4.78 is 29.0. The third-order valence-electron chi connectivity index (χ3n) is 6.37. The van der Waals surface area contributed by atoms with Gasteiger partial charge in [-0.1, -0.05) is 49.3 Å². The highest BCUT2D eigenvalue weighted by Crippen LogP contribution is 2.27. The second kappa shape index (κ2) is 10.8. The maximum Gasteiger partial charge on any atom is 0.265 e. The Morgan fingerprint density at radius 1 is 1.21 bits per heavy atom. The number of aliphatic hydroxyl groups excluding tert-OH is 1. The molecular weight excluding hydrogens is 436 g/mol. The zero-order chi connectivity index (χ0) is 24.1. The fourth-order valence-electron chi connectivity index (χ4n) is 4.41. The highest BCUT2D eigenvalue weighted by molar-refractivity contribution is 5.95. The summed E-state index contributed by atoms with van der Waals surface area (Å²) >= 11 is 0. The van der Waals surface area contributed by atoms with Crippen molar-refractivity contribution in [2.75, 3.05) is 0 Å². The molecule has 1 saturated carbocycles. The van der Waals surface area contributed by atoms with Crippen molar-refractivity contribution < 1.29 is 18.7 Å². The van der Waals surface area contributed by atoms with Gasteiger partial charge < -0.3 is 5.11 Å². The summed E-state index contributed by atoms with van der Waals surface area (Å²) in [6, 6.07) is 11.0. The summed E-state index contributed by atoms with van der Waals surface area (Å²) in [7, 11) is 1.85. The van der Waals surface area contributed by atoms with Gasteiger partial charge in [0.15, 0.2) is 5.78 Å². The molecule has 1 aromatic carbocycles. The number of halogens is 2. The van der Waals surface area contributed by atoms with Crippen LogP contribution in [0.4, 0.5) is 8.78 Å². The number of aliphatic hydroxyl groups is 1. The Morgan fingerprint density at radius 3 is 2.65 bits per heavy atom. The Hall–Kier alpha value is -3.19. The summed E-state index contributed by atoms with van der Waals surface area (Å²) in [4.78, 5) is 16.7. The number of alkyl halides is 2. The van der Waals surface area contributed by atoms with E-state index in [-0.39, 0.29) is 41.9 Å². The van der Waals surface area contributed by atoms with Crippen LogP contribution < -0.4 is 0 Å². The van der Waals surface area contributed by atoms with Gasteiger partial charge in [0.05, 0.1) is 11.8 Å². The molecule has 1 N–H and O–H groups in total. The number of aromatic nitrogens is 3. The van der Waals surface area contributed by atoms with E-state index >= 15 is 0 Å². The number of allylic oxidation sites excluding steroid dienone is 1. The van der Waals surface area contributed by atoms with Crippen LogP contribution in [-0.2, 0) is 13.5 Å². The standard InChI is InChI=1S/C27H29F2N3O2/c1-32-14-13-23(31-32)19-11-9-18(10-12-19)15-21-16-24(30-17-22(21)27(28)29)26(34)8-4-6-20-5-2-3-7-25(20)33/h4,6,9-14,16-17,20,25,27,33H,2-3,5,7-8,15H2,1H3/b6-4+/t20-,25+/m1/s1. The fraction of sp³-hybridized carbons (Fsp3) is 0.370. The summed E-state index contributed by atoms with van der Waals surface area (Å²) in [5.41, 5.74) is 3.05. The van der Waals surface area contributed by atoms with Crippen molar-refractivity contribution in [1.82, 2.24) is 14.8 Å². The molecule has 5 nitrogen and oxygen atoms in total. The number of carbonyl (C=O) groups is 1. The van der Waals surface area contributed by atoms with Crippen molar-refractivity contribution in [3.63, 3.8) is 0 Å². The predicted octanol–water partition coefficient (Wildman–Crippen LogP) is 5.69. The molecule has 2 atom stereocenters. The molecule has 0 unspecified atom stereocenters. The second-order valence-electron chi connectivity index (χ2n) is 8.89. The minimum Gasteiger partial charge on any atom is -0.393 e. The maximum atomic E-state index is 13.6. The van der Waals surface area contributed by atoms with Crippen LogP contribution in [0, 0.1) is 5.92 Å². The van der Waals surface area contributed by atoms with Gasteiger partial charge in [0.1, 0.15) is 5.69 Å². The molecule has 4 rings (SSSR count). The number of pyridine rings is 1. The smallest absolute Gasteiger partial charge is 0.265 e. The van der Waals surface area contributed by atoms with E-state index in [4.69, 9.17) is 0 Å². The maximum absolute atomic E-state index is 13.6. The number of nitrogens with zero attached hydrogens (tertiary/aromatic N) is 3. The minimum absolute atomic E-state index is 0.0698. The number of benzene rings is 1. The van der Waals surface area contributed by atoms with E-state index in [9.17, 15) is 18.7 Å². The third kappa shape index (κ3) is 5.83. The normalized spacial score (nSPS) is 18.6. The molecule has 34 heavy (non-hydrogen) atoms. The van der Waals surface area contributed by atoms with Gasteiger partial charge in [-0.2, -0.15) is 5.10 Å². The van der Waals surface area contributed by atoms with Crippen molar-refractivity contribution in [3.8, 4) is 11.3 Å². The van der Waals surface area contributed by atoms with Crippen molar-refractivity contribution in [2.24, 2.45) is 13.0 Å². The molecule has 1 aliphatic carbocycles. The number of carbonyl (C=O) groups excluding carboxylic acids is 1. The van der Waals surface area contributed by atoms with Crippen molar-refractivity contribution in [2.45, 2.75) is 51.1 Å². The molecule has 7 heteroatoms. The van der Waals surface area contributed by atoms with Gasteiger partial charge in [-0.05, 0) is 42.5 Å². The number of rotatable bonds is 8. The van der Waals surface area contributed by atoms with Gasteiger partial charge in [0.2, 0.25) is 0 Å². The number of hydrogen-bond donors (Lipinski definition) is 1. The number of Topliss-reactive ketones (excluding diaryl/α,β-unsaturated/α-hetero) is 1. The Labute approximate surface area is 198 Å². The lowest BCUT2D eigenvalue weighted by molar-refractivity contribution is 0.0920. The number of ketones is 1. The van der Waals surface area contributed by atoms with E-state index in [1.54, 1.807) is 10.8 Å². The predicted molar refractivity (Wildman–Crippen MR) is 127 cm³/mol. The molecular formula is C27H29F2N3O2. The topological polar surface area (TPSA) is 68.0 Å². The van der Waals surface area contributed by atoms with Crippen molar-refractivity contribution in [3.05, 3.63) is 83.3 Å². The number of hydrogen-bond acceptors (Lipinski definition) is 4. The summed E-state index contributed by atoms with van der Waals surface area (Å²) in [5, 5.41) is 14.4. The Bertz CT molecular complexity index is 1150. The highest BCUT2D eigenvalue weighted by atomic mass is 19.3. The lowest BCUT2D eigenvalue weighted by Gasteiger charge is -2.24. The number of aryl methyl sites for hydroxylation is 1. The van der Waals surface area contributed by atoms with Crippen LogP contribution in [0.15, 0.2) is 60.9 Å². The van der Waals surface area contributed by atoms with E-state index in [2.05, 4.69) is 10.1 Å². The molecule has 2 heterocycles. The molecule has 1 aliphatic rings. The average molecular weight is 466 g/mol. The summed E-state index contributed by atoms with van der Waals surface area (Å²) in [6.07, 6.45) is 7.80. The average Bonchev–Trinajstić information content (AvgIpc) is 3.26. The van der Waals surface area contributed by atoms with Gasteiger partial charge in [-0.15, -0.1) is 0 Å². The van der Waals surface area contributed by atoms with Crippen LogP contribution in [0.5, 0.6) is 0 Å². The third-order valence-corrected chi connectivity index (χ3v) is 6.37. The molecule has 0 saturated heterocycles. The van der Waals surface area contributed by atoms with Crippen LogP contribution in [0.2, 0.25) is 0 Å². The Morgan fingerprint density at radius 2 is 1.97 bits per heavy atom. The van der Waals surface area contributed by atoms with E-state index in [0.717, 1.165) is 48.7 Å². The molecule has 0 aliphatic heterocycles. The molecule has 0 spiro atoms. The molecule has 2 aromatic heterocycles. The zero-order valence-electron chi connectivity index (χ0n) is 19.2. The molecule has 0 radical (unpaired) electrons. The van der Waals surface area contributed by atoms with E-state index in [1.165, 1.54) is 6.07 Å². The Balaban J connectivity index is 1.47. The van der Waals surface area contributed by atoms with Crippen LogP contribution in [0.1, 0.15) is 65.7 Å². The van der Waals surface area contributed by atoms with E-state index < -0.39 is 6.43 Å². The van der Waals surface area contributed by atoms with E-state index in [0.29, 0.717) is 5.56 Å². The minimum atomic E-state index is -2.67. The lowest BCUT2D eigenvalue weighted by Crippen LogP contribution is -2.22. The fourth-order valence-corrected chi connectivity index (χ4v) is 4.41. The summed E-state index contributed by atoms with van der Waals surface area (Å²) in [5.74, 6) is -0.158. The van der Waals surface area contributed by atoms with Crippen LogP contribution in [-0.4, -0.2) is 31.8 Å². The van der Waals surface area contributed by atoms with Gasteiger partial charge in [-0.25, -0.2) is 8.78 Å². The van der Waals surface area contributed by atoms with Gasteiger partial charge >= 0.3 is 0 Å². The molecule has 0 bridgehead atoms. The first-order chi connectivity index (χ1) is 16.4. The molecule has 178 valence electrons. The van der Waals surface area contributed by atoms with Crippen LogP contribution in [0.3, 0.4) is 0 Å². The highest BCUT2D eigenvalue weighted by Gasteiger charge is 2.21. The van der Waals surface area contributed by atoms with Gasteiger partial charge in [-0.3, -0.25) is 14.5 Å². The van der Waals surface area contributed by atoms with E-state index in [1.807, 2.05) is 49.7 Å².